The van der Waals surface area contributed by atoms with Crippen molar-refractivity contribution in [3.8, 4) is 0 Å². The van der Waals surface area contributed by atoms with Crippen molar-refractivity contribution in [3.05, 3.63) is 68.0 Å². The molecule has 0 unspecified atom stereocenters. The molecule has 0 bridgehead atoms. The monoisotopic (exact) mass is 583 g/mol. The number of nitrogens with one attached hydrogen (secondary N) is 2. The van der Waals surface area contributed by atoms with E-state index in [2.05, 4.69) is 43.4 Å². The highest BCUT2D eigenvalue weighted by Gasteiger charge is 2.21. The largest absolute Gasteiger partial charge is 0.342 e. The lowest BCUT2D eigenvalue weighted by Crippen LogP contribution is -2.29. The number of halogens is 2. The number of thioether (sulfide) groups is 1. The first-order valence-corrected chi connectivity index (χ1v) is 12.4. The van der Waals surface area contributed by atoms with Crippen molar-refractivity contribution in [1.82, 2.24) is 20.1 Å². The minimum absolute atomic E-state index is 0.119. The van der Waals surface area contributed by atoms with Gasteiger partial charge in [-0.1, -0.05) is 35.5 Å². The van der Waals surface area contributed by atoms with Crippen LogP contribution in [-0.4, -0.2) is 32.3 Å². The van der Waals surface area contributed by atoms with Crippen LogP contribution in [0.4, 0.5) is 5.69 Å². The van der Waals surface area contributed by atoms with Gasteiger partial charge in [0.1, 0.15) is 0 Å². The fourth-order valence-electron chi connectivity index (χ4n) is 3.09. The maximum absolute atomic E-state index is 12.6. The molecular formula is C22H23ClIN5O2S. The summed E-state index contributed by atoms with van der Waals surface area (Å²) in [5.41, 5.74) is 2.21. The number of hydrogen-bond acceptors (Lipinski definition) is 5. The molecule has 32 heavy (non-hydrogen) atoms. The van der Waals surface area contributed by atoms with E-state index in [1.165, 1.54) is 11.8 Å². The van der Waals surface area contributed by atoms with Crippen molar-refractivity contribution in [2.24, 2.45) is 0 Å². The molecule has 0 spiro atoms. The number of carbonyl (C=O) groups excluding carboxylic acids is 2. The fraction of sp³-hybridized carbons (Fsp3) is 0.273. The van der Waals surface area contributed by atoms with Crippen molar-refractivity contribution in [2.75, 3.05) is 11.1 Å². The van der Waals surface area contributed by atoms with Gasteiger partial charge in [0.2, 0.25) is 5.91 Å². The molecule has 0 aliphatic carbocycles. The molecular weight excluding hydrogens is 561 g/mol. The molecule has 1 aromatic heterocycles. The number of anilines is 1. The summed E-state index contributed by atoms with van der Waals surface area (Å²) in [6.07, 6.45) is 0. The number of carbonyl (C=O) groups is 2. The second-order valence-electron chi connectivity index (χ2n) is 7.06. The second-order valence-corrected chi connectivity index (χ2v) is 9.65. The predicted molar refractivity (Wildman–Crippen MR) is 136 cm³/mol. The van der Waals surface area contributed by atoms with Gasteiger partial charge in [-0.25, -0.2) is 0 Å². The van der Waals surface area contributed by atoms with Gasteiger partial charge in [-0.15, -0.1) is 10.2 Å². The number of hydrogen-bond donors (Lipinski definition) is 2. The van der Waals surface area contributed by atoms with Gasteiger partial charge < -0.3 is 15.2 Å². The average Bonchev–Trinajstić information content (AvgIpc) is 3.17. The van der Waals surface area contributed by atoms with Gasteiger partial charge in [0.05, 0.1) is 22.4 Å². The lowest BCUT2D eigenvalue weighted by Gasteiger charge is -2.15. The van der Waals surface area contributed by atoms with Crippen LogP contribution in [0, 0.1) is 10.5 Å². The molecule has 0 aliphatic rings. The third-order valence-corrected chi connectivity index (χ3v) is 6.68. The van der Waals surface area contributed by atoms with Crippen LogP contribution in [0.25, 0.3) is 0 Å². The smallest absolute Gasteiger partial charge is 0.253 e. The first-order chi connectivity index (χ1) is 15.3. The molecule has 2 aromatic carbocycles. The lowest BCUT2D eigenvalue weighted by atomic mass is 10.2. The molecule has 3 rings (SSSR count). The van der Waals surface area contributed by atoms with E-state index in [-0.39, 0.29) is 23.6 Å². The molecule has 0 saturated carbocycles. The Hall–Kier alpha value is -2.11. The maximum atomic E-state index is 12.6. The summed E-state index contributed by atoms with van der Waals surface area (Å²) < 4.78 is 3.01. The van der Waals surface area contributed by atoms with Crippen LogP contribution >= 0.6 is 46.0 Å². The van der Waals surface area contributed by atoms with E-state index in [1.54, 1.807) is 24.3 Å². The van der Waals surface area contributed by atoms with Crippen molar-refractivity contribution in [3.63, 3.8) is 0 Å². The summed E-state index contributed by atoms with van der Waals surface area (Å²) in [7, 11) is 0. The minimum atomic E-state index is -0.385. The van der Waals surface area contributed by atoms with Crippen molar-refractivity contribution in [1.29, 1.82) is 0 Å². The predicted octanol–water partition coefficient (Wildman–Crippen LogP) is 5.09. The normalized spacial score (nSPS) is 11.8. The average molecular weight is 584 g/mol. The van der Waals surface area contributed by atoms with E-state index in [1.807, 2.05) is 43.5 Å². The Balaban J connectivity index is 1.64. The zero-order valence-electron chi connectivity index (χ0n) is 17.9. The Labute approximate surface area is 209 Å². The Morgan fingerprint density at radius 3 is 2.66 bits per heavy atom. The third-order valence-electron chi connectivity index (χ3n) is 4.71. The zero-order chi connectivity index (χ0) is 23.3. The molecule has 10 heteroatoms. The van der Waals surface area contributed by atoms with E-state index in [9.17, 15) is 9.59 Å². The number of rotatable bonds is 8. The second kappa shape index (κ2) is 11.2. The highest BCUT2D eigenvalue weighted by atomic mass is 127. The Morgan fingerprint density at radius 1 is 1.22 bits per heavy atom. The van der Waals surface area contributed by atoms with Gasteiger partial charge in [0, 0.05) is 15.8 Å². The van der Waals surface area contributed by atoms with Crippen LogP contribution in [0.3, 0.4) is 0 Å². The number of aryl methyl sites for hydroxylation is 1. The van der Waals surface area contributed by atoms with Crippen LogP contribution in [-0.2, 0) is 11.3 Å². The third kappa shape index (κ3) is 6.02. The molecule has 0 aliphatic heterocycles. The van der Waals surface area contributed by atoms with E-state index < -0.39 is 0 Å². The van der Waals surface area contributed by atoms with Crippen LogP contribution in [0.2, 0.25) is 5.02 Å². The van der Waals surface area contributed by atoms with Crippen LogP contribution in [0.15, 0.2) is 47.6 Å². The van der Waals surface area contributed by atoms with Crippen molar-refractivity contribution >= 4 is 63.5 Å². The van der Waals surface area contributed by atoms with E-state index in [4.69, 9.17) is 11.6 Å². The maximum Gasteiger partial charge on any atom is 0.253 e. The highest BCUT2D eigenvalue weighted by Crippen LogP contribution is 2.23. The van der Waals surface area contributed by atoms with Crippen LogP contribution in [0.5, 0.6) is 0 Å². The minimum Gasteiger partial charge on any atom is -0.342 e. The van der Waals surface area contributed by atoms with Crippen molar-refractivity contribution < 1.29 is 9.59 Å². The highest BCUT2D eigenvalue weighted by molar-refractivity contribution is 14.1. The molecule has 1 atom stereocenters. The summed E-state index contributed by atoms with van der Waals surface area (Å²) in [6.45, 7) is 6.37. The van der Waals surface area contributed by atoms with Gasteiger partial charge in [0.15, 0.2) is 11.0 Å². The Bertz CT molecular complexity index is 1140. The molecule has 168 valence electrons. The number of amides is 2. The molecule has 7 nitrogen and oxygen atoms in total. The van der Waals surface area contributed by atoms with E-state index in [0.717, 1.165) is 14.8 Å². The van der Waals surface area contributed by atoms with Crippen LogP contribution in [0.1, 0.15) is 41.6 Å². The first kappa shape index (κ1) is 24.5. The molecule has 3 aromatic rings. The molecule has 2 N–H and O–H groups in total. The topological polar surface area (TPSA) is 88.9 Å². The molecule has 0 saturated heterocycles. The van der Waals surface area contributed by atoms with Crippen molar-refractivity contribution in [2.45, 2.75) is 38.5 Å². The van der Waals surface area contributed by atoms with Gasteiger partial charge in [-0.05, 0) is 79.3 Å². The summed E-state index contributed by atoms with van der Waals surface area (Å²) >= 11 is 9.67. The fourth-order valence-corrected chi connectivity index (χ4v) is 4.77. The van der Waals surface area contributed by atoms with Crippen LogP contribution < -0.4 is 10.6 Å². The molecule has 1 heterocycles. The van der Waals surface area contributed by atoms with Gasteiger partial charge >= 0.3 is 0 Å². The number of nitrogens with zero attached hydrogens (tertiary/aromatic N) is 3. The summed E-state index contributed by atoms with van der Waals surface area (Å²) in [6, 6.07) is 12.4. The Morgan fingerprint density at radius 2 is 1.97 bits per heavy atom. The summed E-state index contributed by atoms with van der Waals surface area (Å²) in [5, 5.41) is 15.3. The summed E-state index contributed by atoms with van der Waals surface area (Å²) in [5.74, 6) is 0.412. The molecule has 0 fully saturated rings. The Kier molecular flexibility index (Phi) is 8.55. The number of aromatic nitrogens is 3. The first-order valence-electron chi connectivity index (χ1n) is 9.97. The van der Waals surface area contributed by atoms with Gasteiger partial charge in [0.25, 0.3) is 5.91 Å². The van der Waals surface area contributed by atoms with E-state index >= 15 is 0 Å². The zero-order valence-corrected chi connectivity index (χ0v) is 21.6. The number of benzene rings is 2. The lowest BCUT2D eigenvalue weighted by molar-refractivity contribution is -0.113. The van der Waals surface area contributed by atoms with E-state index in [0.29, 0.717) is 28.1 Å². The SMILES string of the molecule is CCn1c(SCC(=O)Nc2ccc(I)cc2C)nnc1[C@@H](C)NC(=O)c1ccccc1Cl. The van der Waals surface area contributed by atoms with Gasteiger partial charge in [-0.3, -0.25) is 9.59 Å². The quantitative estimate of drug-likeness (QED) is 0.285. The molecule has 0 radical (unpaired) electrons. The standard InChI is InChI=1S/C22H23ClIN5O2S/c1-4-29-20(14(3)25-21(31)16-7-5-6-8-17(16)23)27-28-22(29)32-12-19(30)26-18-10-9-15(24)11-13(18)2/h5-11,14H,4,12H2,1-3H3,(H,25,31)(H,26,30)/t14-/m1/s1. The van der Waals surface area contributed by atoms with Gasteiger partial charge in [-0.2, -0.15) is 0 Å². The summed E-state index contributed by atoms with van der Waals surface area (Å²) in [4.78, 5) is 25.0. The molecule has 2 amide bonds.